The smallest absolute Gasteiger partial charge is 0.404 e. The predicted molar refractivity (Wildman–Crippen MR) is 48.6 cm³/mol. The molecular weight excluding hydrogens is 266 g/mol. The van der Waals surface area contributed by atoms with Crippen LogP contribution in [0.15, 0.2) is 11.6 Å². The second-order valence-electron chi connectivity index (χ2n) is 4.45. The number of alkyl halides is 6. The molecule has 0 aromatic rings. The summed E-state index contributed by atoms with van der Waals surface area (Å²) in [6.45, 7) is 2.63. The normalized spacial score (nSPS) is 26.7. The fourth-order valence-corrected chi connectivity index (χ4v) is 2.24. The number of halogens is 6. The van der Waals surface area contributed by atoms with Crippen LogP contribution in [0.5, 0.6) is 0 Å². The summed E-state index contributed by atoms with van der Waals surface area (Å²) in [5.41, 5.74) is -3.95. The van der Waals surface area contributed by atoms with Crippen LogP contribution in [-0.2, 0) is 4.79 Å². The molecule has 2 nitrogen and oxygen atoms in total. The van der Waals surface area contributed by atoms with Crippen molar-refractivity contribution in [2.45, 2.75) is 26.2 Å². The maximum atomic E-state index is 12.7. The molecule has 1 N–H and O–H groups in total. The summed E-state index contributed by atoms with van der Waals surface area (Å²) >= 11 is 0. The van der Waals surface area contributed by atoms with Crippen molar-refractivity contribution in [3.63, 3.8) is 0 Å². The Morgan fingerprint density at radius 3 is 1.67 bits per heavy atom. The minimum absolute atomic E-state index is 0.210. The first-order chi connectivity index (χ1) is 7.87. The Hall–Kier alpha value is -1.21. The molecule has 1 aliphatic rings. The Bertz CT molecular complexity index is 374. The lowest BCUT2D eigenvalue weighted by atomic mass is 9.99. The summed E-state index contributed by atoms with van der Waals surface area (Å²) < 4.78 is 76.1. The number of allylic oxidation sites excluding steroid dienone is 2. The van der Waals surface area contributed by atoms with Crippen LogP contribution in [0.2, 0.25) is 0 Å². The van der Waals surface area contributed by atoms with Crippen molar-refractivity contribution < 1.29 is 36.2 Å². The summed E-state index contributed by atoms with van der Waals surface area (Å²) in [5, 5.41) is 8.57. The maximum Gasteiger partial charge on any atom is 0.404 e. The van der Waals surface area contributed by atoms with Gasteiger partial charge in [-0.25, -0.2) is 0 Å². The quantitative estimate of drug-likeness (QED) is 0.620. The average molecular weight is 276 g/mol. The number of rotatable bonds is 2. The molecule has 0 unspecified atom stereocenters. The van der Waals surface area contributed by atoms with E-state index in [1.54, 1.807) is 0 Å². The van der Waals surface area contributed by atoms with E-state index in [0.717, 1.165) is 6.08 Å². The first-order valence-electron chi connectivity index (χ1n) is 4.88. The second kappa shape index (κ2) is 3.89. The Balaban J connectivity index is 3.37. The Morgan fingerprint density at radius 1 is 1.11 bits per heavy atom. The third-order valence-electron chi connectivity index (χ3n) is 2.98. The third kappa shape index (κ3) is 1.87. The van der Waals surface area contributed by atoms with E-state index in [2.05, 4.69) is 0 Å². The van der Waals surface area contributed by atoms with E-state index in [4.69, 9.17) is 5.11 Å². The Morgan fingerprint density at radius 2 is 1.50 bits per heavy atom. The number of aliphatic carboxylic acids is 1. The Kier molecular flexibility index (Phi) is 3.21. The lowest BCUT2D eigenvalue weighted by molar-refractivity contribution is -0.308. The minimum Gasteiger partial charge on any atom is -0.481 e. The number of hydrogen-bond donors (Lipinski definition) is 1. The zero-order chi connectivity index (χ0) is 14.5. The van der Waals surface area contributed by atoms with Gasteiger partial charge >= 0.3 is 18.3 Å². The third-order valence-corrected chi connectivity index (χ3v) is 2.98. The molecule has 0 bridgehead atoms. The average Bonchev–Trinajstić information content (AvgIpc) is 2.70. The molecule has 0 heterocycles. The highest BCUT2D eigenvalue weighted by Crippen LogP contribution is 2.74. The van der Waals surface area contributed by atoms with Crippen molar-refractivity contribution >= 4 is 5.97 Å². The number of hydrogen-bond acceptors (Lipinski definition) is 1. The predicted octanol–water partition coefficient (Wildman–Crippen LogP) is 3.39. The highest BCUT2D eigenvalue weighted by molar-refractivity contribution is 5.77. The lowest BCUT2D eigenvalue weighted by Crippen LogP contribution is -2.42. The molecule has 8 heteroatoms. The van der Waals surface area contributed by atoms with Gasteiger partial charge in [0.2, 0.25) is 0 Å². The van der Waals surface area contributed by atoms with Crippen LogP contribution >= 0.6 is 0 Å². The fourth-order valence-electron chi connectivity index (χ4n) is 2.24. The minimum atomic E-state index is -5.65. The van der Waals surface area contributed by atoms with Gasteiger partial charge in [-0.3, -0.25) is 4.79 Å². The highest BCUT2D eigenvalue weighted by atomic mass is 19.4. The van der Waals surface area contributed by atoms with E-state index in [-0.39, 0.29) is 5.57 Å². The van der Waals surface area contributed by atoms with Crippen LogP contribution in [0.4, 0.5) is 26.3 Å². The van der Waals surface area contributed by atoms with Crippen molar-refractivity contribution in [1.82, 2.24) is 0 Å². The van der Waals surface area contributed by atoms with Crippen LogP contribution in [0.3, 0.4) is 0 Å². The highest BCUT2D eigenvalue weighted by Gasteiger charge is 2.91. The van der Waals surface area contributed by atoms with Crippen LogP contribution in [-0.4, -0.2) is 23.4 Å². The van der Waals surface area contributed by atoms with E-state index >= 15 is 0 Å². The van der Waals surface area contributed by atoms with Crippen molar-refractivity contribution in [1.29, 1.82) is 0 Å². The van der Waals surface area contributed by atoms with Gasteiger partial charge in [0.15, 0.2) is 5.41 Å². The van der Waals surface area contributed by atoms with Crippen molar-refractivity contribution in [2.75, 3.05) is 0 Å². The molecular formula is C10H10F6O2. The topological polar surface area (TPSA) is 37.3 Å². The Labute approximate surface area is 98.3 Å². The first-order valence-corrected chi connectivity index (χ1v) is 4.88. The molecule has 104 valence electrons. The van der Waals surface area contributed by atoms with Gasteiger partial charge in [0.1, 0.15) is 0 Å². The van der Waals surface area contributed by atoms with Gasteiger partial charge in [-0.1, -0.05) is 11.6 Å². The van der Waals surface area contributed by atoms with E-state index in [0.29, 0.717) is 0 Å². The number of carboxylic acid groups (broad SMARTS) is 1. The molecule has 18 heavy (non-hydrogen) atoms. The van der Waals surface area contributed by atoms with Gasteiger partial charge in [0.05, 0.1) is 5.92 Å². The van der Waals surface area contributed by atoms with E-state index in [9.17, 15) is 31.1 Å². The van der Waals surface area contributed by atoms with Gasteiger partial charge in [0, 0.05) is 5.92 Å². The largest absolute Gasteiger partial charge is 0.481 e. The second-order valence-corrected chi connectivity index (χ2v) is 4.45. The molecule has 0 spiro atoms. The van der Waals surface area contributed by atoms with Crippen LogP contribution < -0.4 is 0 Å². The summed E-state index contributed by atoms with van der Waals surface area (Å²) in [5.74, 6) is -6.69. The fraction of sp³-hybridized carbons (Fsp3) is 0.700. The van der Waals surface area contributed by atoms with E-state index < -0.39 is 35.6 Å². The van der Waals surface area contributed by atoms with E-state index in [1.165, 1.54) is 13.8 Å². The van der Waals surface area contributed by atoms with Gasteiger partial charge in [-0.15, -0.1) is 0 Å². The molecule has 0 aromatic heterocycles. The SMILES string of the molecule is CC(C)=C[C@@H]1[C@@H](C(=O)O)C1(C(F)(F)F)C(F)(F)F. The summed E-state index contributed by atoms with van der Waals surface area (Å²) in [4.78, 5) is 10.6. The molecule has 1 fully saturated rings. The molecule has 1 saturated carbocycles. The number of carboxylic acids is 1. The van der Waals surface area contributed by atoms with Crippen molar-refractivity contribution in [3.05, 3.63) is 11.6 Å². The van der Waals surface area contributed by atoms with Gasteiger partial charge in [-0.2, -0.15) is 26.3 Å². The zero-order valence-electron chi connectivity index (χ0n) is 9.36. The van der Waals surface area contributed by atoms with Crippen LogP contribution in [0.1, 0.15) is 13.8 Å². The van der Waals surface area contributed by atoms with Crippen molar-refractivity contribution in [2.24, 2.45) is 17.3 Å². The summed E-state index contributed by atoms with van der Waals surface area (Å²) in [6, 6.07) is 0. The maximum absolute atomic E-state index is 12.7. The van der Waals surface area contributed by atoms with Gasteiger partial charge in [-0.05, 0) is 13.8 Å². The molecule has 0 aromatic carbocycles. The molecule has 1 aliphatic carbocycles. The van der Waals surface area contributed by atoms with E-state index in [1.807, 2.05) is 0 Å². The zero-order valence-corrected chi connectivity index (χ0v) is 9.36. The van der Waals surface area contributed by atoms with Gasteiger partial charge in [0.25, 0.3) is 0 Å². The van der Waals surface area contributed by atoms with Crippen molar-refractivity contribution in [3.8, 4) is 0 Å². The molecule has 0 radical (unpaired) electrons. The number of carbonyl (C=O) groups is 1. The molecule has 0 aliphatic heterocycles. The molecule has 2 atom stereocenters. The molecule has 1 rings (SSSR count). The van der Waals surface area contributed by atoms with Gasteiger partial charge < -0.3 is 5.11 Å². The standard InChI is InChI=1S/C10H10F6O2/c1-4(2)3-5-6(7(17)18)8(5,9(11,12)13)10(14,15)16/h3,5-6H,1-2H3,(H,17,18)/t5-,6+/m1/s1. The first kappa shape index (κ1) is 14.8. The monoisotopic (exact) mass is 276 g/mol. The van der Waals surface area contributed by atoms with Crippen LogP contribution in [0, 0.1) is 17.3 Å². The van der Waals surface area contributed by atoms with Crippen LogP contribution in [0.25, 0.3) is 0 Å². The lowest BCUT2D eigenvalue weighted by Gasteiger charge is -2.24. The molecule has 0 amide bonds. The summed E-state index contributed by atoms with van der Waals surface area (Å²) in [6.07, 6.45) is -10.6. The molecule has 0 saturated heterocycles. The summed E-state index contributed by atoms with van der Waals surface area (Å²) in [7, 11) is 0.